The van der Waals surface area contributed by atoms with Gasteiger partial charge in [-0.2, -0.15) is 0 Å². The standard InChI is InChI=1S/C14H18N2O2/c1-10(2)8-12(14(15)18)16-13(17)9-11-6-4-3-5-7-11/h3-7,12H,1,8-9H2,2H3,(H2,15,18)(H,16,17)/t12-/m1/s1. The first-order valence-electron chi connectivity index (χ1n) is 5.76. The van der Waals surface area contributed by atoms with Crippen LogP contribution in [0.5, 0.6) is 0 Å². The first-order valence-corrected chi connectivity index (χ1v) is 5.76. The Kier molecular flexibility index (Phi) is 5.11. The van der Waals surface area contributed by atoms with E-state index >= 15 is 0 Å². The molecule has 0 saturated carbocycles. The van der Waals surface area contributed by atoms with Crippen molar-refractivity contribution in [3.8, 4) is 0 Å². The number of carbonyl (C=O) groups is 2. The molecule has 96 valence electrons. The van der Waals surface area contributed by atoms with Crippen LogP contribution in [0.3, 0.4) is 0 Å². The lowest BCUT2D eigenvalue weighted by Gasteiger charge is -2.15. The van der Waals surface area contributed by atoms with Gasteiger partial charge in [0.15, 0.2) is 0 Å². The molecule has 2 amide bonds. The number of benzene rings is 1. The molecule has 0 spiro atoms. The average Bonchev–Trinajstić information content (AvgIpc) is 2.28. The van der Waals surface area contributed by atoms with E-state index in [0.717, 1.165) is 11.1 Å². The lowest BCUT2D eigenvalue weighted by Crippen LogP contribution is -2.45. The zero-order valence-corrected chi connectivity index (χ0v) is 10.5. The molecule has 0 aliphatic heterocycles. The Labute approximate surface area is 107 Å². The maximum Gasteiger partial charge on any atom is 0.240 e. The van der Waals surface area contributed by atoms with Gasteiger partial charge in [-0.3, -0.25) is 9.59 Å². The zero-order valence-electron chi connectivity index (χ0n) is 10.5. The maximum absolute atomic E-state index is 11.8. The molecule has 1 atom stereocenters. The summed E-state index contributed by atoms with van der Waals surface area (Å²) in [7, 11) is 0. The van der Waals surface area contributed by atoms with E-state index in [1.807, 2.05) is 30.3 Å². The topological polar surface area (TPSA) is 72.2 Å². The number of amides is 2. The van der Waals surface area contributed by atoms with E-state index in [1.54, 1.807) is 6.92 Å². The summed E-state index contributed by atoms with van der Waals surface area (Å²) < 4.78 is 0. The minimum absolute atomic E-state index is 0.216. The highest BCUT2D eigenvalue weighted by atomic mass is 16.2. The van der Waals surface area contributed by atoms with E-state index < -0.39 is 11.9 Å². The largest absolute Gasteiger partial charge is 0.368 e. The van der Waals surface area contributed by atoms with Crippen molar-refractivity contribution in [3.63, 3.8) is 0 Å². The number of carbonyl (C=O) groups excluding carboxylic acids is 2. The van der Waals surface area contributed by atoms with Crippen LogP contribution in [0.25, 0.3) is 0 Å². The lowest BCUT2D eigenvalue weighted by atomic mass is 10.1. The summed E-state index contributed by atoms with van der Waals surface area (Å²) in [5.41, 5.74) is 6.93. The molecule has 3 N–H and O–H groups in total. The lowest BCUT2D eigenvalue weighted by molar-refractivity contribution is -0.126. The second kappa shape index (κ2) is 6.59. The third kappa shape index (κ3) is 4.82. The summed E-state index contributed by atoms with van der Waals surface area (Å²) in [4.78, 5) is 22.9. The highest BCUT2D eigenvalue weighted by molar-refractivity contribution is 5.87. The van der Waals surface area contributed by atoms with Crippen LogP contribution in [0.1, 0.15) is 18.9 Å². The van der Waals surface area contributed by atoms with Crippen LogP contribution in [0.4, 0.5) is 0 Å². The van der Waals surface area contributed by atoms with Crippen molar-refractivity contribution in [1.29, 1.82) is 0 Å². The number of rotatable bonds is 6. The quantitative estimate of drug-likeness (QED) is 0.739. The summed E-state index contributed by atoms with van der Waals surface area (Å²) in [6, 6.07) is 8.65. The Bertz CT molecular complexity index is 440. The Morgan fingerprint density at radius 3 is 2.44 bits per heavy atom. The van der Waals surface area contributed by atoms with E-state index in [1.165, 1.54) is 0 Å². The van der Waals surface area contributed by atoms with Gasteiger partial charge in [-0.05, 0) is 18.9 Å². The Balaban J connectivity index is 2.56. The first-order chi connectivity index (χ1) is 8.49. The second-order valence-electron chi connectivity index (χ2n) is 4.35. The smallest absolute Gasteiger partial charge is 0.240 e. The van der Waals surface area contributed by atoms with Crippen molar-refractivity contribution in [1.82, 2.24) is 5.32 Å². The monoisotopic (exact) mass is 246 g/mol. The second-order valence-corrected chi connectivity index (χ2v) is 4.35. The molecule has 0 aliphatic carbocycles. The van der Waals surface area contributed by atoms with Gasteiger partial charge < -0.3 is 11.1 Å². The van der Waals surface area contributed by atoms with Gasteiger partial charge in [0.05, 0.1) is 6.42 Å². The first kappa shape index (κ1) is 14.0. The van der Waals surface area contributed by atoms with Gasteiger partial charge in [-0.1, -0.05) is 35.9 Å². The SMILES string of the molecule is C=C(C)C[C@@H](NC(=O)Cc1ccccc1)C(N)=O. The summed E-state index contributed by atoms with van der Waals surface area (Å²) in [6.45, 7) is 5.50. The number of nitrogens with one attached hydrogen (secondary N) is 1. The maximum atomic E-state index is 11.8. The summed E-state index contributed by atoms with van der Waals surface area (Å²) in [5, 5.41) is 2.62. The molecule has 4 heteroatoms. The molecule has 0 aromatic heterocycles. The fourth-order valence-electron chi connectivity index (χ4n) is 1.60. The molecular weight excluding hydrogens is 228 g/mol. The van der Waals surface area contributed by atoms with E-state index in [2.05, 4.69) is 11.9 Å². The van der Waals surface area contributed by atoms with Crippen LogP contribution in [-0.4, -0.2) is 17.9 Å². The number of primary amides is 1. The van der Waals surface area contributed by atoms with Crippen molar-refractivity contribution >= 4 is 11.8 Å². The Morgan fingerprint density at radius 1 is 1.33 bits per heavy atom. The van der Waals surface area contributed by atoms with Crippen LogP contribution < -0.4 is 11.1 Å². The summed E-state index contributed by atoms with van der Waals surface area (Å²) >= 11 is 0. The molecule has 0 fully saturated rings. The fraction of sp³-hybridized carbons (Fsp3) is 0.286. The summed E-state index contributed by atoms with van der Waals surface area (Å²) in [5.74, 6) is -0.759. The van der Waals surface area contributed by atoms with Gasteiger partial charge in [0.25, 0.3) is 0 Å². The van der Waals surface area contributed by atoms with Gasteiger partial charge in [-0.15, -0.1) is 6.58 Å². The minimum atomic E-state index is -0.682. The highest BCUT2D eigenvalue weighted by Crippen LogP contribution is 2.03. The van der Waals surface area contributed by atoms with E-state index in [4.69, 9.17) is 5.73 Å². The molecule has 0 unspecified atom stereocenters. The van der Waals surface area contributed by atoms with E-state index in [-0.39, 0.29) is 12.3 Å². The zero-order chi connectivity index (χ0) is 13.5. The van der Waals surface area contributed by atoms with Crippen molar-refractivity contribution in [2.45, 2.75) is 25.8 Å². The molecule has 0 saturated heterocycles. The normalized spacial score (nSPS) is 11.6. The van der Waals surface area contributed by atoms with E-state index in [0.29, 0.717) is 6.42 Å². The molecule has 0 bridgehead atoms. The molecule has 1 rings (SSSR count). The number of hydrogen-bond donors (Lipinski definition) is 2. The molecule has 4 nitrogen and oxygen atoms in total. The molecule has 0 aliphatic rings. The fourth-order valence-corrected chi connectivity index (χ4v) is 1.60. The molecule has 18 heavy (non-hydrogen) atoms. The van der Waals surface area contributed by atoms with Crippen molar-refractivity contribution < 1.29 is 9.59 Å². The van der Waals surface area contributed by atoms with Crippen LogP contribution in [0, 0.1) is 0 Å². The number of hydrogen-bond acceptors (Lipinski definition) is 2. The molecule has 0 heterocycles. The molecule has 1 aromatic rings. The highest BCUT2D eigenvalue weighted by Gasteiger charge is 2.17. The van der Waals surface area contributed by atoms with Crippen molar-refractivity contribution in [2.24, 2.45) is 5.73 Å². The summed E-state index contributed by atoms with van der Waals surface area (Å²) in [6.07, 6.45) is 0.608. The average molecular weight is 246 g/mol. The number of nitrogens with two attached hydrogens (primary N) is 1. The van der Waals surface area contributed by atoms with Crippen LogP contribution in [-0.2, 0) is 16.0 Å². The Morgan fingerprint density at radius 2 is 1.94 bits per heavy atom. The van der Waals surface area contributed by atoms with Crippen LogP contribution in [0.2, 0.25) is 0 Å². The van der Waals surface area contributed by atoms with Gasteiger partial charge in [0.2, 0.25) is 11.8 Å². The van der Waals surface area contributed by atoms with Gasteiger partial charge >= 0.3 is 0 Å². The molecule has 1 aromatic carbocycles. The van der Waals surface area contributed by atoms with Crippen LogP contribution in [0.15, 0.2) is 42.5 Å². The third-order valence-electron chi connectivity index (χ3n) is 2.44. The van der Waals surface area contributed by atoms with Gasteiger partial charge in [-0.25, -0.2) is 0 Å². The molecular formula is C14H18N2O2. The predicted octanol–water partition coefficient (Wildman–Crippen LogP) is 1.17. The van der Waals surface area contributed by atoms with Crippen molar-refractivity contribution in [3.05, 3.63) is 48.0 Å². The van der Waals surface area contributed by atoms with Gasteiger partial charge in [0, 0.05) is 0 Å². The van der Waals surface area contributed by atoms with Crippen molar-refractivity contribution in [2.75, 3.05) is 0 Å². The minimum Gasteiger partial charge on any atom is -0.368 e. The third-order valence-corrected chi connectivity index (χ3v) is 2.44. The predicted molar refractivity (Wildman–Crippen MR) is 70.7 cm³/mol. The van der Waals surface area contributed by atoms with Crippen LogP contribution >= 0.6 is 0 Å². The Hall–Kier alpha value is -2.10. The van der Waals surface area contributed by atoms with E-state index in [9.17, 15) is 9.59 Å². The molecule has 0 radical (unpaired) electrons. The van der Waals surface area contributed by atoms with Gasteiger partial charge in [0.1, 0.15) is 6.04 Å².